The number of rotatable bonds is 6. The van der Waals surface area contributed by atoms with Crippen molar-refractivity contribution in [3.05, 3.63) is 54.0 Å². The standard InChI is InChI=1S/C19H24N4O/c1-2-23-13-16(12-22-23)19-15(7-9-24-19)11-20-10-14-4-3-5-18-17(14)6-8-21-18/h3-6,8,12-13,15,19-21H,2,7,9-11H2,1H3/t15-,19-/m0/s1. The number of fused-ring (bicyclic) bond motifs is 1. The van der Waals surface area contributed by atoms with E-state index in [1.54, 1.807) is 0 Å². The first-order valence-corrected chi connectivity index (χ1v) is 8.75. The number of aryl methyl sites for hydroxylation is 1. The molecule has 1 aliphatic rings. The van der Waals surface area contributed by atoms with Gasteiger partial charge in [-0.1, -0.05) is 12.1 Å². The highest BCUT2D eigenvalue weighted by molar-refractivity contribution is 5.82. The molecule has 4 rings (SSSR count). The molecule has 0 spiro atoms. The van der Waals surface area contributed by atoms with Crippen LogP contribution in [-0.2, 0) is 17.8 Å². The van der Waals surface area contributed by atoms with Crippen molar-refractivity contribution in [2.45, 2.75) is 32.5 Å². The molecule has 0 radical (unpaired) electrons. The molecule has 5 heteroatoms. The molecular formula is C19H24N4O. The lowest BCUT2D eigenvalue weighted by Gasteiger charge is -2.18. The summed E-state index contributed by atoms with van der Waals surface area (Å²) < 4.78 is 7.94. The Hall–Kier alpha value is -2.11. The highest BCUT2D eigenvalue weighted by Crippen LogP contribution is 2.34. The van der Waals surface area contributed by atoms with Crippen molar-refractivity contribution in [3.63, 3.8) is 0 Å². The van der Waals surface area contributed by atoms with E-state index >= 15 is 0 Å². The average molecular weight is 324 g/mol. The summed E-state index contributed by atoms with van der Waals surface area (Å²) in [5.41, 5.74) is 3.74. The van der Waals surface area contributed by atoms with Crippen LogP contribution in [0.25, 0.3) is 10.9 Å². The predicted molar refractivity (Wildman–Crippen MR) is 94.7 cm³/mol. The van der Waals surface area contributed by atoms with E-state index in [-0.39, 0.29) is 6.10 Å². The Balaban J connectivity index is 1.39. The van der Waals surface area contributed by atoms with Crippen LogP contribution in [0.3, 0.4) is 0 Å². The lowest BCUT2D eigenvalue weighted by Crippen LogP contribution is -2.24. The minimum absolute atomic E-state index is 0.167. The summed E-state index contributed by atoms with van der Waals surface area (Å²) in [5, 5.41) is 9.31. The van der Waals surface area contributed by atoms with Crippen molar-refractivity contribution < 1.29 is 4.74 Å². The number of hydrogen-bond acceptors (Lipinski definition) is 3. The third-order valence-electron chi connectivity index (χ3n) is 4.93. The van der Waals surface area contributed by atoms with E-state index in [1.165, 1.54) is 22.0 Å². The summed E-state index contributed by atoms with van der Waals surface area (Å²) in [4.78, 5) is 3.27. The van der Waals surface area contributed by atoms with Crippen LogP contribution in [0.5, 0.6) is 0 Å². The topological polar surface area (TPSA) is 54.9 Å². The lowest BCUT2D eigenvalue weighted by molar-refractivity contribution is 0.0904. The molecule has 126 valence electrons. The van der Waals surface area contributed by atoms with E-state index in [2.05, 4.69) is 52.8 Å². The number of H-pyrrole nitrogens is 1. The fraction of sp³-hybridized carbons (Fsp3) is 0.421. The number of hydrogen-bond donors (Lipinski definition) is 2. The van der Waals surface area contributed by atoms with Gasteiger partial charge in [0.25, 0.3) is 0 Å². The summed E-state index contributed by atoms with van der Waals surface area (Å²) in [5.74, 6) is 0.505. The fourth-order valence-corrected chi connectivity index (χ4v) is 3.61. The number of benzene rings is 1. The summed E-state index contributed by atoms with van der Waals surface area (Å²) >= 11 is 0. The molecule has 3 heterocycles. The molecule has 0 amide bonds. The van der Waals surface area contributed by atoms with Crippen LogP contribution in [-0.4, -0.2) is 27.9 Å². The van der Waals surface area contributed by atoms with Crippen molar-refractivity contribution in [3.8, 4) is 0 Å². The molecule has 0 saturated carbocycles. The van der Waals surface area contributed by atoms with Crippen LogP contribution in [0.2, 0.25) is 0 Å². The molecule has 24 heavy (non-hydrogen) atoms. The van der Waals surface area contributed by atoms with Crippen LogP contribution in [0, 0.1) is 5.92 Å². The fourth-order valence-electron chi connectivity index (χ4n) is 3.61. The molecule has 0 bridgehead atoms. The first-order chi connectivity index (χ1) is 11.8. The van der Waals surface area contributed by atoms with Crippen LogP contribution >= 0.6 is 0 Å². The smallest absolute Gasteiger partial charge is 0.0896 e. The Kier molecular flexibility index (Phi) is 4.36. The van der Waals surface area contributed by atoms with Crippen LogP contribution in [0.15, 0.2) is 42.9 Å². The average Bonchev–Trinajstić information content (AvgIpc) is 3.34. The van der Waals surface area contributed by atoms with Gasteiger partial charge in [-0.05, 0) is 31.0 Å². The van der Waals surface area contributed by atoms with Crippen molar-refractivity contribution in [1.29, 1.82) is 0 Å². The molecule has 1 fully saturated rings. The van der Waals surface area contributed by atoms with Gasteiger partial charge in [-0.2, -0.15) is 5.10 Å². The SMILES string of the molecule is CCn1cc([C@H]2OCC[C@H]2CNCc2cccc3[nH]ccc23)cn1. The van der Waals surface area contributed by atoms with Crippen LogP contribution < -0.4 is 5.32 Å². The molecule has 1 aliphatic heterocycles. The maximum atomic E-state index is 5.97. The van der Waals surface area contributed by atoms with Crippen molar-refractivity contribution in [2.24, 2.45) is 5.92 Å². The van der Waals surface area contributed by atoms with Crippen LogP contribution in [0.4, 0.5) is 0 Å². The van der Waals surface area contributed by atoms with Crippen molar-refractivity contribution in [2.75, 3.05) is 13.2 Å². The summed E-state index contributed by atoms with van der Waals surface area (Å²) in [6.07, 6.45) is 7.33. The Labute approximate surface area is 142 Å². The number of nitrogens with one attached hydrogen (secondary N) is 2. The Morgan fingerprint density at radius 3 is 3.21 bits per heavy atom. The van der Waals surface area contributed by atoms with Gasteiger partial charge in [0.2, 0.25) is 0 Å². The number of aromatic amines is 1. The number of nitrogens with zero attached hydrogens (tertiary/aromatic N) is 2. The first kappa shape index (κ1) is 15.4. The molecule has 3 aromatic rings. The summed E-state index contributed by atoms with van der Waals surface area (Å²) in [7, 11) is 0. The molecule has 5 nitrogen and oxygen atoms in total. The molecule has 2 atom stereocenters. The third kappa shape index (κ3) is 2.97. The van der Waals surface area contributed by atoms with Crippen molar-refractivity contribution >= 4 is 10.9 Å². The molecule has 2 aromatic heterocycles. The maximum Gasteiger partial charge on any atom is 0.0896 e. The minimum Gasteiger partial charge on any atom is -0.373 e. The van der Waals surface area contributed by atoms with E-state index in [0.717, 1.165) is 32.7 Å². The zero-order valence-corrected chi connectivity index (χ0v) is 14.0. The zero-order valence-electron chi connectivity index (χ0n) is 14.0. The highest BCUT2D eigenvalue weighted by atomic mass is 16.5. The predicted octanol–water partition coefficient (Wildman–Crippen LogP) is 3.25. The molecule has 0 unspecified atom stereocenters. The minimum atomic E-state index is 0.167. The van der Waals surface area contributed by atoms with E-state index < -0.39 is 0 Å². The summed E-state index contributed by atoms with van der Waals surface area (Å²) in [6, 6.07) is 8.56. The van der Waals surface area contributed by atoms with Gasteiger partial charge in [-0.15, -0.1) is 0 Å². The first-order valence-electron chi connectivity index (χ1n) is 8.75. The quantitative estimate of drug-likeness (QED) is 0.732. The normalized spacial score (nSPS) is 20.9. The second kappa shape index (κ2) is 6.79. The van der Waals surface area contributed by atoms with Gasteiger partial charge in [-0.3, -0.25) is 4.68 Å². The lowest BCUT2D eigenvalue weighted by atomic mass is 9.97. The highest BCUT2D eigenvalue weighted by Gasteiger charge is 2.30. The monoisotopic (exact) mass is 324 g/mol. The Morgan fingerprint density at radius 2 is 2.33 bits per heavy atom. The maximum absolute atomic E-state index is 5.97. The van der Waals surface area contributed by atoms with Gasteiger partial charge in [0.05, 0.1) is 12.3 Å². The van der Waals surface area contributed by atoms with Gasteiger partial charge < -0.3 is 15.0 Å². The molecule has 1 saturated heterocycles. The van der Waals surface area contributed by atoms with E-state index in [9.17, 15) is 0 Å². The largest absolute Gasteiger partial charge is 0.373 e. The Bertz CT molecular complexity index is 806. The number of ether oxygens (including phenoxy) is 1. The molecule has 2 N–H and O–H groups in total. The van der Waals surface area contributed by atoms with E-state index in [0.29, 0.717) is 5.92 Å². The van der Waals surface area contributed by atoms with Gasteiger partial charge >= 0.3 is 0 Å². The van der Waals surface area contributed by atoms with E-state index in [1.807, 2.05) is 17.1 Å². The van der Waals surface area contributed by atoms with Gasteiger partial charge in [-0.25, -0.2) is 0 Å². The third-order valence-corrected chi connectivity index (χ3v) is 4.93. The van der Waals surface area contributed by atoms with E-state index in [4.69, 9.17) is 4.74 Å². The Morgan fingerprint density at radius 1 is 1.38 bits per heavy atom. The van der Waals surface area contributed by atoms with Crippen LogP contribution in [0.1, 0.15) is 30.6 Å². The zero-order chi connectivity index (χ0) is 16.4. The molecular weight excluding hydrogens is 300 g/mol. The second-order valence-electron chi connectivity index (χ2n) is 6.46. The second-order valence-corrected chi connectivity index (χ2v) is 6.46. The number of aromatic nitrogens is 3. The van der Waals surface area contributed by atoms with Gasteiger partial charge in [0.1, 0.15) is 0 Å². The molecule has 0 aliphatic carbocycles. The van der Waals surface area contributed by atoms with Gasteiger partial charge in [0, 0.05) is 61.0 Å². The van der Waals surface area contributed by atoms with Crippen molar-refractivity contribution in [1.82, 2.24) is 20.1 Å². The van der Waals surface area contributed by atoms with Gasteiger partial charge in [0.15, 0.2) is 0 Å². The summed E-state index contributed by atoms with van der Waals surface area (Å²) in [6.45, 7) is 5.68. The molecule has 1 aromatic carbocycles.